The molecule has 1 amide bonds. The summed E-state index contributed by atoms with van der Waals surface area (Å²) < 4.78 is 21.1. The maximum atomic E-state index is 13.4. The molecule has 2 aromatic heterocycles. The van der Waals surface area contributed by atoms with E-state index in [-0.39, 0.29) is 12.4 Å². The van der Waals surface area contributed by atoms with Gasteiger partial charge in [-0.05, 0) is 68.7 Å². The highest BCUT2D eigenvalue weighted by molar-refractivity contribution is 7.15. The SMILES string of the molecule is Cc1cc(F)ccc1-c1nc(C)c(COC(=O)Nc2ccc3c(c2)nc2n3CCCC2)s1. The zero-order chi connectivity index (χ0) is 22.2. The van der Waals surface area contributed by atoms with Gasteiger partial charge in [-0.3, -0.25) is 5.32 Å². The highest BCUT2D eigenvalue weighted by Gasteiger charge is 2.16. The van der Waals surface area contributed by atoms with Crippen molar-refractivity contribution < 1.29 is 13.9 Å². The topological polar surface area (TPSA) is 69.0 Å². The third kappa shape index (κ3) is 3.98. The molecule has 0 bridgehead atoms. The second-order valence-electron chi connectivity index (χ2n) is 8.03. The molecular formula is C24H23FN4O2S. The van der Waals surface area contributed by atoms with Crippen LogP contribution < -0.4 is 5.32 Å². The number of fused-ring (bicyclic) bond motifs is 3. The first-order valence-corrected chi connectivity index (χ1v) is 11.5. The number of ether oxygens (including phenoxy) is 1. The number of thiazole rings is 1. The Morgan fingerprint density at radius 1 is 1.19 bits per heavy atom. The van der Waals surface area contributed by atoms with E-state index in [1.54, 1.807) is 6.07 Å². The molecule has 5 rings (SSSR count). The first-order valence-electron chi connectivity index (χ1n) is 10.6. The second kappa shape index (κ2) is 8.35. The molecule has 32 heavy (non-hydrogen) atoms. The van der Waals surface area contributed by atoms with E-state index >= 15 is 0 Å². The summed E-state index contributed by atoms with van der Waals surface area (Å²) in [5.41, 5.74) is 5.14. The quantitative estimate of drug-likeness (QED) is 0.414. The van der Waals surface area contributed by atoms with Gasteiger partial charge in [0.15, 0.2) is 0 Å². The average Bonchev–Trinajstić information content (AvgIpc) is 3.31. The molecule has 1 aliphatic rings. The van der Waals surface area contributed by atoms with Crippen LogP contribution in [0.15, 0.2) is 36.4 Å². The molecule has 4 aromatic rings. The molecule has 0 aliphatic carbocycles. The minimum Gasteiger partial charge on any atom is -0.444 e. The summed E-state index contributed by atoms with van der Waals surface area (Å²) >= 11 is 1.45. The van der Waals surface area contributed by atoms with Crippen LogP contribution in [0.5, 0.6) is 0 Å². The Labute approximate surface area is 189 Å². The summed E-state index contributed by atoms with van der Waals surface area (Å²) in [5.74, 6) is 0.840. The van der Waals surface area contributed by atoms with Crippen molar-refractivity contribution in [2.75, 3.05) is 5.32 Å². The summed E-state index contributed by atoms with van der Waals surface area (Å²) in [6.45, 7) is 4.85. The van der Waals surface area contributed by atoms with Gasteiger partial charge in [-0.15, -0.1) is 11.3 Å². The predicted octanol–water partition coefficient (Wildman–Crippen LogP) is 6.00. The number of amides is 1. The number of imidazole rings is 1. The molecule has 164 valence electrons. The van der Waals surface area contributed by atoms with E-state index in [9.17, 15) is 9.18 Å². The average molecular weight is 451 g/mol. The van der Waals surface area contributed by atoms with E-state index in [1.807, 2.05) is 32.0 Å². The summed E-state index contributed by atoms with van der Waals surface area (Å²) in [5, 5.41) is 3.58. The fourth-order valence-corrected chi connectivity index (χ4v) is 5.15. The van der Waals surface area contributed by atoms with Crippen LogP contribution in [0.4, 0.5) is 14.9 Å². The molecule has 6 nitrogen and oxygen atoms in total. The maximum Gasteiger partial charge on any atom is 0.411 e. The van der Waals surface area contributed by atoms with Gasteiger partial charge in [0, 0.05) is 24.2 Å². The lowest BCUT2D eigenvalue weighted by molar-refractivity contribution is 0.156. The van der Waals surface area contributed by atoms with Gasteiger partial charge in [-0.2, -0.15) is 0 Å². The van der Waals surface area contributed by atoms with E-state index < -0.39 is 6.09 Å². The van der Waals surface area contributed by atoms with Crippen LogP contribution in [-0.4, -0.2) is 20.6 Å². The van der Waals surface area contributed by atoms with E-state index in [0.29, 0.717) is 5.69 Å². The van der Waals surface area contributed by atoms with Crippen molar-refractivity contribution >= 4 is 34.2 Å². The van der Waals surface area contributed by atoms with Crippen LogP contribution in [0.2, 0.25) is 0 Å². The predicted molar refractivity (Wildman–Crippen MR) is 123 cm³/mol. The van der Waals surface area contributed by atoms with Gasteiger partial charge in [0.25, 0.3) is 0 Å². The summed E-state index contributed by atoms with van der Waals surface area (Å²) in [4.78, 5) is 22.5. The number of aromatic nitrogens is 3. The molecule has 0 saturated heterocycles. The van der Waals surface area contributed by atoms with Crippen LogP contribution in [-0.2, 0) is 24.3 Å². The van der Waals surface area contributed by atoms with Crippen LogP contribution in [0.1, 0.15) is 34.8 Å². The van der Waals surface area contributed by atoms with Crippen molar-refractivity contribution in [3.8, 4) is 10.6 Å². The standard InChI is InChI=1S/C24H23FN4O2S/c1-14-11-16(25)6-8-18(14)23-26-15(2)21(32-23)13-31-24(30)27-17-7-9-20-19(12-17)28-22-5-3-4-10-29(20)22/h6-9,11-12H,3-5,10,13H2,1-2H3,(H,27,30). The maximum absolute atomic E-state index is 13.4. The van der Waals surface area contributed by atoms with Crippen LogP contribution in [0, 0.1) is 19.7 Å². The lowest BCUT2D eigenvalue weighted by atomic mass is 10.1. The Morgan fingerprint density at radius 2 is 2.06 bits per heavy atom. The number of benzene rings is 2. The number of halogens is 1. The van der Waals surface area contributed by atoms with Crippen molar-refractivity contribution in [3.63, 3.8) is 0 Å². The van der Waals surface area contributed by atoms with Gasteiger partial charge in [0.2, 0.25) is 0 Å². The molecule has 0 radical (unpaired) electrons. The zero-order valence-electron chi connectivity index (χ0n) is 17.9. The molecule has 3 heterocycles. The number of aryl methyl sites for hydroxylation is 4. The monoisotopic (exact) mass is 450 g/mol. The molecule has 0 fully saturated rings. The van der Waals surface area contributed by atoms with E-state index in [0.717, 1.165) is 56.5 Å². The molecule has 2 aromatic carbocycles. The molecule has 1 N–H and O–H groups in total. The minimum atomic E-state index is -0.527. The van der Waals surface area contributed by atoms with E-state index in [1.165, 1.54) is 36.3 Å². The van der Waals surface area contributed by atoms with Crippen molar-refractivity contribution in [3.05, 3.63) is 64.2 Å². The summed E-state index contributed by atoms with van der Waals surface area (Å²) in [6, 6.07) is 10.4. The molecule has 0 unspecified atom stereocenters. The van der Waals surface area contributed by atoms with Gasteiger partial charge >= 0.3 is 6.09 Å². The van der Waals surface area contributed by atoms with Gasteiger partial charge in [0.1, 0.15) is 23.3 Å². The molecule has 0 spiro atoms. The van der Waals surface area contributed by atoms with Crippen LogP contribution in [0.3, 0.4) is 0 Å². The van der Waals surface area contributed by atoms with Gasteiger partial charge < -0.3 is 9.30 Å². The van der Waals surface area contributed by atoms with Crippen LogP contribution in [0.25, 0.3) is 21.6 Å². The lowest BCUT2D eigenvalue weighted by Crippen LogP contribution is -2.13. The first kappa shape index (κ1) is 20.6. The summed E-state index contributed by atoms with van der Waals surface area (Å²) in [6.07, 6.45) is 2.80. The smallest absolute Gasteiger partial charge is 0.411 e. The normalized spacial score (nSPS) is 13.2. The van der Waals surface area contributed by atoms with Crippen molar-refractivity contribution in [2.45, 2.75) is 46.3 Å². The molecule has 1 aliphatic heterocycles. The Balaban J connectivity index is 1.26. The fourth-order valence-electron chi connectivity index (χ4n) is 4.08. The Morgan fingerprint density at radius 3 is 2.91 bits per heavy atom. The second-order valence-corrected chi connectivity index (χ2v) is 9.11. The molecule has 8 heteroatoms. The lowest BCUT2D eigenvalue weighted by Gasteiger charge is -2.13. The number of hydrogen-bond acceptors (Lipinski definition) is 5. The van der Waals surface area contributed by atoms with Gasteiger partial charge in [-0.25, -0.2) is 19.2 Å². The highest BCUT2D eigenvalue weighted by atomic mass is 32.1. The fraction of sp³-hybridized carbons (Fsp3) is 0.292. The number of carbonyl (C=O) groups excluding carboxylic acids is 1. The molecule has 0 saturated carbocycles. The minimum absolute atomic E-state index is 0.122. The van der Waals surface area contributed by atoms with Crippen molar-refractivity contribution in [1.29, 1.82) is 0 Å². The first-order chi connectivity index (χ1) is 15.5. The van der Waals surface area contributed by atoms with Gasteiger partial charge in [0.05, 0.1) is 21.6 Å². The largest absolute Gasteiger partial charge is 0.444 e. The van der Waals surface area contributed by atoms with E-state index in [2.05, 4.69) is 14.9 Å². The number of anilines is 1. The third-order valence-corrected chi connectivity index (χ3v) is 6.92. The summed E-state index contributed by atoms with van der Waals surface area (Å²) in [7, 11) is 0. The molecular weight excluding hydrogens is 427 g/mol. The number of rotatable bonds is 4. The van der Waals surface area contributed by atoms with Crippen molar-refractivity contribution in [1.82, 2.24) is 14.5 Å². The third-order valence-electron chi connectivity index (χ3n) is 5.75. The Bertz CT molecular complexity index is 1330. The molecule has 0 atom stereocenters. The van der Waals surface area contributed by atoms with Crippen LogP contribution >= 0.6 is 11.3 Å². The Hall–Kier alpha value is -3.26. The zero-order valence-corrected chi connectivity index (χ0v) is 18.8. The van der Waals surface area contributed by atoms with Gasteiger partial charge in [-0.1, -0.05) is 0 Å². The Kier molecular flexibility index (Phi) is 5.38. The number of nitrogens with one attached hydrogen (secondary N) is 1. The van der Waals surface area contributed by atoms with E-state index in [4.69, 9.17) is 9.72 Å². The number of carbonyl (C=O) groups is 1. The number of nitrogens with zero attached hydrogens (tertiary/aromatic N) is 3. The highest BCUT2D eigenvalue weighted by Crippen LogP contribution is 2.31. The number of hydrogen-bond donors (Lipinski definition) is 1. The van der Waals surface area contributed by atoms with Crippen molar-refractivity contribution in [2.24, 2.45) is 0 Å².